The highest BCUT2D eigenvalue weighted by molar-refractivity contribution is 5.96. The quantitative estimate of drug-likeness (QED) is 0.817. The number of nitrogens with one attached hydrogen (secondary N) is 1. The zero-order valence-electron chi connectivity index (χ0n) is 17.9. The van der Waals surface area contributed by atoms with E-state index in [1.54, 1.807) is 0 Å². The highest BCUT2D eigenvalue weighted by atomic mass is 16.1. The molecule has 156 valence electrons. The summed E-state index contributed by atoms with van der Waals surface area (Å²) in [4.78, 5) is 15.9. The van der Waals surface area contributed by atoms with Crippen molar-refractivity contribution in [1.82, 2.24) is 20.0 Å². The SMILES string of the molecule is Cc1nn(-c2ccccc2)c(C)c1C(=O)NCC1(N2CCCCC2)CCCCC1. The first-order chi connectivity index (χ1) is 14.1. The second-order valence-corrected chi connectivity index (χ2v) is 8.81. The van der Waals surface area contributed by atoms with Crippen molar-refractivity contribution in [3.63, 3.8) is 0 Å². The van der Waals surface area contributed by atoms with Crippen molar-refractivity contribution in [3.8, 4) is 5.69 Å². The van der Waals surface area contributed by atoms with Gasteiger partial charge in [0.1, 0.15) is 0 Å². The Hall–Kier alpha value is -2.14. The third-order valence-electron chi connectivity index (χ3n) is 6.91. The van der Waals surface area contributed by atoms with Gasteiger partial charge >= 0.3 is 0 Å². The number of carbonyl (C=O) groups is 1. The molecule has 4 rings (SSSR count). The van der Waals surface area contributed by atoms with Gasteiger partial charge in [0, 0.05) is 12.1 Å². The Morgan fingerprint density at radius 3 is 2.34 bits per heavy atom. The molecule has 0 spiro atoms. The fourth-order valence-corrected chi connectivity index (χ4v) is 5.31. The number of para-hydroxylation sites is 1. The van der Waals surface area contributed by atoms with Crippen molar-refractivity contribution >= 4 is 5.91 Å². The van der Waals surface area contributed by atoms with Crippen LogP contribution in [0.2, 0.25) is 0 Å². The lowest BCUT2D eigenvalue weighted by Crippen LogP contribution is -2.58. The fraction of sp³-hybridized carbons (Fsp3) is 0.583. The molecule has 1 aromatic heterocycles. The molecular weight excluding hydrogens is 360 g/mol. The van der Waals surface area contributed by atoms with E-state index < -0.39 is 0 Å². The van der Waals surface area contributed by atoms with E-state index in [9.17, 15) is 4.79 Å². The topological polar surface area (TPSA) is 50.2 Å². The molecule has 1 aliphatic carbocycles. The zero-order chi connectivity index (χ0) is 20.3. The van der Waals surface area contributed by atoms with Crippen molar-refractivity contribution < 1.29 is 4.79 Å². The van der Waals surface area contributed by atoms with Crippen LogP contribution in [0.25, 0.3) is 5.69 Å². The van der Waals surface area contributed by atoms with Crippen molar-refractivity contribution in [2.45, 2.75) is 70.8 Å². The molecule has 1 N–H and O–H groups in total. The van der Waals surface area contributed by atoms with Gasteiger partial charge in [-0.2, -0.15) is 5.10 Å². The molecule has 2 fully saturated rings. The van der Waals surface area contributed by atoms with Gasteiger partial charge < -0.3 is 5.32 Å². The minimum Gasteiger partial charge on any atom is -0.350 e. The van der Waals surface area contributed by atoms with Gasteiger partial charge in [-0.05, 0) is 64.8 Å². The fourth-order valence-electron chi connectivity index (χ4n) is 5.31. The third kappa shape index (κ3) is 4.11. The average Bonchev–Trinajstić information content (AvgIpc) is 3.08. The first kappa shape index (κ1) is 20.1. The van der Waals surface area contributed by atoms with Crippen LogP contribution >= 0.6 is 0 Å². The second-order valence-electron chi connectivity index (χ2n) is 8.81. The Balaban J connectivity index is 1.52. The Kier molecular flexibility index (Phi) is 6.04. The predicted molar refractivity (Wildman–Crippen MR) is 117 cm³/mol. The number of aromatic nitrogens is 2. The van der Waals surface area contributed by atoms with Crippen LogP contribution in [0.3, 0.4) is 0 Å². The number of amides is 1. The predicted octanol–water partition coefficient (Wildman–Crippen LogP) is 4.41. The number of likely N-dealkylation sites (tertiary alicyclic amines) is 1. The van der Waals surface area contributed by atoms with Gasteiger partial charge in [0.05, 0.1) is 22.6 Å². The standard InChI is InChI=1S/C24H34N4O/c1-19-22(20(2)28(26-19)21-12-6-3-7-13-21)23(29)25-18-24(14-8-4-9-15-24)27-16-10-5-11-17-27/h3,6-7,12-13H,4-5,8-11,14-18H2,1-2H3,(H,25,29). The number of hydrogen-bond donors (Lipinski definition) is 1. The number of aryl methyl sites for hydroxylation is 1. The molecule has 2 aromatic rings. The normalized spacial score (nSPS) is 19.8. The molecule has 5 nitrogen and oxygen atoms in total. The molecule has 0 atom stereocenters. The van der Waals surface area contributed by atoms with E-state index >= 15 is 0 Å². The maximum atomic E-state index is 13.2. The molecule has 1 saturated carbocycles. The molecule has 0 bridgehead atoms. The summed E-state index contributed by atoms with van der Waals surface area (Å²) in [5.74, 6) is 0.0177. The Labute approximate surface area is 174 Å². The molecule has 2 aliphatic rings. The van der Waals surface area contributed by atoms with Crippen molar-refractivity contribution in [1.29, 1.82) is 0 Å². The smallest absolute Gasteiger partial charge is 0.255 e. The molecule has 5 heteroatoms. The van der Waals surface area contributed by atoms with Gasteiger partial charge in [0.15, 0.2) is 0 Å². The summed E-state index contributed by atoms with van der Waals surface area (Å²) in [5.41, 5.74) is 3.55. The van der Waals surface area contributed by atoms with E-state index in [2.05, 4.69) is 15.3 Å². The van der Waals surface area contributed by atoms with Crippen LogP contribution in [-0.4, -0.2) is 45.8 Å². The van der Waals surface area contributed by atoms with Gasteiger partial charge in [-0.3, -0.25) is 9.69 Å². The molecular formula is C24H34N4O. The van der Waals surface area contributed by atoms with Gasteiger partial charge in [0.2, 0.25) is 0 Å². The van der Waals surface area contributed by atoms with E-state index in [0.29, 0.717) is 0 Å². The number of nitrogens with zero attached hydrogens (tertiary/aromatic N) is 3. The summed E-state index contributed by atoms with van der Waals surface area (Å²) in [6.45, 7) is 7.03. The molecule has 1 aromatic carbocycles. The zero-order valence-corrected chi connectivity index (χ0v) is 17.9. The van der Waals surface area contributed by atoms with Crippen LogP contribution in [0.1, 0.15) is 73.1 Å². The largest absolute Gasteiger partial charge is 0.350 e. The van der Waals surface area contributed by atoms with Gasteiger partial charge in [-0.1, -0.05) is 43.9 Å². The maximum Gasteiger partial charge on any atom is 0.255 e. The third-order valence-corrected chi connectivity index (χ3v) is 6.91. The lowest BCUT2D eigenvalue weighted by molar-refractivity contribution is 0.0326. The summed E-state index contributed by atoms with van der Waals surface area (Å²) in [6, 6.07) is 10.0. The van der Waals surface area contributed by atoms with E-state index in [0.717, 1.165) is 29.2 Å². The Bertz CT molecular complexity index is 830. The first-order valence-electron chi connectivity index (χ1n) is 11.3. The number of benzene rings is 1. The molecule has 1 aliphatic heterocycles. The van der Waals surface area contributed by atoms with Crippen LogP contribution < -0.4 is 5.32 Å². The van der Waals surface area contributed by atoms with E-state index in [1.807, 2.05) is 48.9 Å². The van der Waals surface area contributed by atoms with Crippen molar-refractivity contribution in [3.05, 3.63) is 47.3 Å². The second kappa shape index (κ2) is 8.70. The van der Waals surface area contributed by atoms with Crippen LogP contribution in [0.5, 0.6) is 0 Å². The summed E-state index contributed by atoms with van der Waals surface area (Å²) < 4.78 is 1.88. The monoisotopic (exact) mass is 394 g/mol. The molecule has 2 heterocycles. The number of hydrogen-bond acceptors (Lipinski definition) is 3. The molecule has 29 heavy (non-hydrogen) atoms. The lowest BCUT2D eigenvalue weighted by atomic mass is 9.79. The highest BCUT2D eigenvalue weighted by Crippen LogP contribution is 2.35. The van der Waals surface area contributed by atoms with E-state index in [1.165, 1.54) is 64.5 Å². The van der Waals surface area contributed by atoms with Crippen molar-refractivity contribution in [2.75, 3.05) is 19.6 Å². The summed E-state index contributed by atoms with van der Waals surface area (Å²) in [7, 11) is 0. The maximum absolute atomic E-state index is 13.2. The van der Waals surface area contributed by atoms with Gasteiger partial charge in [-0.25, -0.2) is 4.68 Å². The number of rotatable bonds is 5. The average molecular weight is 395 g/mol. The minimum atomic E-state index is 0.0177. The Morgan fingerprint density at radius 1 is 1.00 bits per heavy atom. The van der Waals surface area contributed by atoms with Gasteiger partial charge in [0.25, 0.3) is 5.91 Å². The molecule has 1 saturated heterocycles. The summed E-state index contributed by atoms with van der Waals surface area (Å²) in [6.07, 6.45) is 10.2. The highest BCUT2D eigenvalue weighted by Gasteiger charge is 2.38. The number of carbonyl (C=O) groups excluding carboxylic acids is 1. The van der Waals surface area contributed by atoms with Gasteiger partial charge in [-0.15, -0.1) is 0 Å². The minimum absolute atomic E-state index is 0.0177. The molecule has 1 amide bonds. The Morgan fingerprint density at radius 2 is 1.66 bits per heavy atom. The lowest BCUT2D eigenvalue weighted by Gasteiger charge is -2.48. The molecule has 0 unspecified atom stereocenters. The number of piperidine rings is 1. The summed E-state index contributed by atoms with van der Waals surface area (Å²) >= 11 is 0. The van der Waals surface area contributed by atoms with Crippen molar-refractivity contribution in [2.24, 2.45) is 0 Å². The van der Waals surface area contributed by atoms with Crippen LogP contribution in [0, 0.1) is 13.8 Å². The van der Waals surface area contributed by atoms with E-state index in [4.69, 9.17) is 0 Å². The van der Waals surface area contributed by atoms with E-state index in [-0.39, 0.29) is 11.4 Å². The summed E-state index contributed by atoms with van der Waals surface area (Å²) in [5, 5.41) is 7.97. The van der Waals surface area contributed by atoms with Crippen LogP contribution in [-0.2, 0) is 0 Å². The van der Waals surface area contributed by atoms with Crippen LogP contribution in [0.4, 0.5) is 0 Å². The first-order valence-corrected chi connectivity index (χ1v) is 11.3. The molecule has 0 radical (unpaired) electrons. The van der Waals surface area contributed by atoms with Crippen LogP contribution in [0.15, 0.2) is 30.3 Å².